The quantitative estimate of drug-likeness (QED) is 0.713. The van der Waals surface area contributed by atoms with E-state index >= 15 is 0 Å². The molecule has 0 radical (unpaired) electrons. The molecule has 0 spiro atoms. The highest BCUT2D eigenvalue weighted by Crippen LogP contribution is 2.25. The Morgan fingerprint density at radius 1 is 1.12 bits per heavy atom. The van der Waals surface area contributed by atoms with Gasteiger partial charge in [0.05, 0.1) is 10.6 Å². The van der Waals surface area contributed by atoms with E-state index in [9.17, 15) is 13.2 Å². The number of rotatable bonds is 8. The lowest BCUT2D eigenvalue weighted by atomic mass is 10.3. The predicted octanol–water partition coefficient (Wildman–Crippen LogP) is 3.45. The summed E-state index contributed by atoms with van der Waals surface area (Å²) >= 11 is 6.00. The molecule has 2 aromatic carbocycles. The third-order valence-electron chi connectivity index (χ3n) is 3.57. The Morgan fingerprint density at radius 3 is 2.48 bits per heavy atom. The normalized spacial score (nSPS) is 11.1. The van der Waals surface area contributed by atoms with Gasteiger partial charge in [-0.2, -0.15) is 0 Å². The molecule has 0 aliphatic rings. The predicted molar refractivity (Wildman–Crippen MR) is 100 cm³/mol. The van der Waals surface area contributed by atoms with Gasteiger partial charge in [0.1, 0.15) is 6.54 Å². The molecule has 0 aliphatic carbocycles. The molecule has 7 heteroatoms. The summed E-state index contributed by atoms with van der Waals surface area (Å²) in [4.78, 5) is 12.3. The van der Waals surface area contributed by atoms with Crippen LogP contribution < -0.4 is 9.62 Å². The Bertz CT molecular complexity index is 810. The van der Waals surface area contributed by atoms with Crippen LogP contribution >= 0.6 is 11.6 Å². The highest BCUT2D eigenvalue weighted by atomic mass is 35.5. The Morgan fingerprint density at radius 2 is 1.84 bits per heavy atom. The lowest BCUT2D eigenvalue weighted by molar-refractivity contribution is -0.119. The minimum Gasteiger partial charge on any atom is -0.355 e. The van der Waals surface area contributed by atoms with Crippen molar-refractivity contribution in [1.29, 1.82) is 0 Å². The summed E-state index contributed by atoms with van der Waals surface area (Å²) in [5.74, 6) is -0.354. The molecule has 1 N–H and O–H groups in total. The maximum atomic E-state index is 13.0. The standard InChI is InChI=1S/C18H21ClN2O3S/c1-2-3-12-20-18(22)14-21(16-9-7-8-15(19)13-16)25(23,24)17-10-5-4-6-11-17/h4-11,13H,2-3,12,14H2,1H3,(H,20,22). The van der Waals surface area contributed by atoms with Crippen molar-refractivity contribution in [2.75, 3.05) is 17.4 Å². The molecule has 2 rings (SSSR count). The fourth-order valence-corrected chi connectivity index (χ4v) is 3.88. The van der Waals surface area contributed by atoms with E-state index in [0.29, 0.717) is 17.3 Å². The molecule has 25 heavy (non-hydrogen) atoms. The number of hydrogen-bond donors (Lipinski definition) is 1. The summed E-state index contributed by atoms with van der Waals surface area (Å²) in [7, 11) is -3.88. The van der Waals surface area contributed by atoms with E-state index in [0.717, 1.165) is 17.1 Å². The van der Waals surface area contributed by atoms with Gasteiger partial charge in [-0.1, -0.05) is 49.2 Å². The SMILES string of the molecule is CCCCNC(=O)CN(c1cccc(Cl)c1)S(=O)(=O)c1ccccc1. The summed E-state index contributed by atoms with van der Waals surface area (Å²) in [6, 6.07) is 14.5. The number of unbranched alkanes of at least 4 members (excludes halogenated alkanes) is 1. The van der Waals surface area contributed by atoms with E-state index in [1.807, 2.05) is 6.92 Å². The van der Waals surface area contributed by atoms with Crippen LogP contribution in [0.4, 0.5) is 5.69 Å². The Labute approximate surface area is 153 Å². The first-order valence-electron chi connectivity index (χ1n) is 8.05. The summed E-state index contributed by atoms with van der Waals surface area (Å²) < 4.78 is 27.1. The first-order chi connectivity index (χ1) is 11.9. The summed E-state index contributed by atoms with van der Waals surface area (Å²) in [5.41, 5.74) is 0.349. The van der Waals surface area contributed by atoms with Gasteiger partial charge in [-0.15, -0.1) is 0 Å². The summed E-state index contributed by atoms with van der Waals surface area (Å²) in [6.07, 6.45) is 1.79. The summed E-state index contributed by atoms with van der Waals surface area (Å²) in [6.45, 7) is 2.23. The molecular formula is C18H21ClN2O3S. The monoisotopic (exact) mass is 380 g/mol. The van der Waals surface area contributed by atoms with Crippen LogP contribution in [0, 0.1) is 0 Å². The van der Waals surface area contributed by atoms with Gasteiger partial charge in [0.2, 0.25) is 5.91 Å². The number of nitrogens with one attached hydrogen (secondary N) is 1. The van der Waals surface area contributed by atoms with Crippen molar-refractivity contribution in [3.05, 3.63) is 59.6 Å². The van der Waals surface area contributed by atoms with E-state index in [2.05, 4.69) is 5.32 Å². The molecule has 0 unspecified atom stereocenters. The second-order valence-corrected chi connectivity index (χ2v) is 7.81. The molecule has 134 valence electrons. The van der Waals surface area contributed by atoms with E-state index in [4.69, 9.17) is 11.6 Å². The second kappa shape index (κ2) is 8.87. The molecule has 1 amide bonds. The van der Waals surface area contributed by atoms with Gasteiger partial charge >= 0.3 is 0 Å². The number of sulfonamides is 1. The lowest BCUT2D eigenvalue weighted by Gasteiger charge is -2.24. The van der Waals surface area contributed by atoms with Crippen molar-refractivity contribution < 1.29 is 13.2 Å². The van der Waals surface area contributed by atoms with Crippen LogP contribution in [-0.2, 0) is 14.8 Å². The van der Waals surface area contributed by atoms with Crippen molar-refractivity contribution in [3.8, 4) is 0 Å². The van der Waals surface area contributed by atoms with Crippen molar-refractivity contribution in [2.24, 2.45) is 0 Å². The van der Waals surface area contributed by atoms with Crippen LogP contribution in [0.15, 0.2) is 59.5 Å². The zero-order valence-corrected chi connectivity index (χ0v) is 15.6. The van der Waals surface area contributed by atoms with Crippen LogP contribution in [-0.4, -0.2) is 27.4 Å². The van der Waals surface area contributed by atoms with Gasteiger partial charge in [-0.3, -0.25) is 9.10 Å². The van der Waals surface area contributed by atoms with E-state index in [1.165, 1.54) is 18.2 Å². The maximum absolute atomic E-state index is 13.0. The minimum atomic E-state index is -3.88. The van der Waals surface area contributed by atoms with E-state index in [-0.39, 0.29) is 17.3 Å². The number of benzene rings is 2. The number of halogens is 1. The van der Waals surface area contributed by atoms with Crippen molar-refractivity contribution in [2.45, 2.75) is 24.7 Å². The van der Waals surface area contributed by atoms with Gasteiger partial charge in [-0.25, -0.2) is 8.42 Å². The number of nitrogens with zero attached hydrogens (tertiary/aromatic N) is 1. The molecule has 0 heterocycles. The van der Waals surface area contributed by atoms with Crippen LogP contribution in [0.1, 0.15) is 19.8 Å². The molecule has 0 fully saturated rings. The van der Waals surface area contributed by atoms with E-state index < -0.39 is 10.0 Å². The first kappa shape index (κ1) is 19.3. The highest BCUT2D eigenvalue weighted by molar-refractivity contribution is 7.92. The Hall–Kier alpha value is -2.05. The van der Waals surface area contributed by atoms with Gasteiger partial charge < -0.3 is 5.32 Å². The molecule has 0 aromatic heterocycles. The molecule has 0 bridgehead atoms. The lowest BCUT2D eigenvalue weighted by Crippen LogP contribution is -2.41. The molecule has 0 saturated heterocycles. The Balaban J connectivity index is 2.34. The maximum Gasteiger partial charge on any atom is 0.264 e. The molecule has 5 nitrogen and oxygen atoms in total. The largest absolute Gasteiger partial charge is 0.355 e. The van der Waals surface area contributed by atoms with Gasteiger partial charge in [0.25, 0.3) is 10.0 Å². The third-order valence-corrected chi connectivity index (χ3v) is 5.59. The smallest absolute Gasteiger partial charge is 0.264 e. The zero-order valence-electron chi connectivity index (χ0n) is 14.0. The zero-order chi connectivity index (χ0) is 18.3. The second-order valence-electron chi connectivity index (χ2n) is 5.51. The molecule has 2 aromatic rings. The minimum absolute atomic E-state index is 0.122. The average Bonchev–Trinajstić information content (AvgIpc) is 2.60. The van der Waals surface area contributed by atoms with Crippen LogP contribution in [0.2, 0.25) is 5.02 Å². The number of carbonyl (C=O) groups excluding carboxylic acids is 1. The van der Waals surface area contributed by atoms with Crippen molar-refractivity contribution >= 4 is 33.2 Å². The van der Waals surface area contributed by atoms with E-state index in [1.54, 1.807) is 36.4 Å². The molecular weight excluding hydrogens is 360 g/mol. The number of anilines is 1. The molecule has 0 atom stereocenters. The van der Waals surface area contributed by atoms with Crippen molar-refractivity contribution in [1.82, 2.24) is 5.32 Å². The van der Waals surface area contributed by atoms with Crippen LogP contribution in [0.5, 0.6) is 0 Å². The van der Waals surface area contributed by atoms with Crippen LogP contribution in [0.3, 0.4) is 0 Å². The summed E-state index contributed by atoms with van der Waals surface area (Å²) in [5, 5.41) is 3.14. The van der Waals surface area contributed by atoms with Crippen LogP contribution in [0.25, 0.3) is 0 Å². The highest BCUT2D eigenvalue weighted by Gasteiger charge is 2.27. The number of hydrogen-bond acceptors (Lipinski definition) is 3. The van der Waals surface area contributed by atoms with Gasteiger partial charge in [-0.05, 0) is 36.8 Å². The average molecular weight is 381 g/mol. The molecule has 0 aliphatic heterocycles. The number of amides is 1. The fourth-order valence-electron chi connectivity index (χ4n) is 2.26. The fraction of sp³-hybridized carbons (Fsp3) is 0.278. The third kappa shape index (κ3) is 5.21. The first-order valence-corrected chi connectivity index (χ1v) is 9.87. The van der Waals surface area contributed by atoms with Gasteiger partial charge in [0.15, 0.2) is 0 Å². The topological polar surface area (TPSA) is 66.5 Å². The van der Waals surface area contributed by atoms with Crippen molar-refractivity contribution in [3.63, 3.8) is 0 Å². The van der Waals surface area contributed by atoms with Gasteiger partial charge in [0, 0.05) is 11.6 Å². The number of carbonyl (C=O) groups is 1. The Kier molecular flexibility index (Phi) is 6.84. The molecule has 0 saturated carbocycles.